The fourth-order valence-electron chi connectivity index (χ4n) is 0.881. The van der Waals surface area contributed by atoms with Gasteiger partial charge in [-0.1, -0.05) is 6.92 Å². The van der Waals surface area contributed by atoms with E-state index < -0.39 is 12.4 Å². The Morgan fingerprint density at radius 3 is 2.56 bits per heavy atom. The molecule has 2 N–H and O–H groups in total. The Morgan fingerprint density at radius 2 is 2.11 bits per heavy atom. The summed E-state index contributed by atoms with van der Waals surface area (Å²) in [6, 6.07) is 0. The molecule has 1 saturated heterocycles. The summed E-state index contributed by atoms with van der Waals surface area (Å²) in [4.78, 5) is 0. The Bertz CT molecular complexity index is 94.3. The van der Waals surface area contributed by atoms with Gasteiger partial charge in [0.05, 0.1) is 12.7 Å². The number of hydrogen-bond donors (Lipinski definition) is 2. The standard InChI is InChI=1S/C6H12O3/c1-4-3-9-6(8)2-5(4)7/h4-8H,2-3H2,1H3/t4-,5-,6+/m0/s1. The number of aliphatic hydroxyl groups excluding tert-OH is 2. The minimum atomic E-state index is -0.754. The molecule has 0 aromatic rings. The van der Waals surface area contributed by atoms with E-state index in [1.807, 2.05) is 6.92 Å². The van der Waals surface area contributed by atoms with Crippen LogP contribution >= 0.6 is 0 Å². The fourth-order valence-corrected chi connectivity index (χ4v) is 0.881. The van der Waals surface area contributed by atoms with Gasteiger partial charge in [0.15, 0.2) is 6.29 Å². The molecule has 0 aromatic carbocycles. The molecule has 9 heavy (non-hydrogen) atoms. The molecule has 0 radical (unpaired) electrons. The lowest BCUT2D eigenvalue weighted by Crippen LogP contribution is -2.35. The zero-order valence-electron chi connectivity index (χ0n) is 5.45. The van der Waals surface area contributed by atoms with E-state index in [2.05, 4.69) is 0 Å². The molecule has 0 unspecified atom stereocenters. The van der Waals surface area contributed by atoms with Crippen molar-refractivity contribution in [1.82, 2.24) is 0 Å². The quantitative estimate of drug-likeness (QED) is 0.476. The third-order valence-electron chi connectivity index (χ3n) is 1.65. The largest absolute Gasteiger partial charge is 0.393 e. The third-order valence-corrected chi connectivity index (χ3v) is 1.65. The van der Waals surface area contributed by atoms with Gasteiger partial charge in [0.2, 0.25) is 0 Å². The molecule has 0 aliphatic carbocycles. The molecular weight excluding hydrogens is 120 g/mol. The molecule has 1 rings (SSSR count). The van der Waals surface area contributed by atoms with Crippen molar-refractivity contribution in [3.63, 3.8) is 0 Å². The lowest BCUT2D eigenvalue weighted by molar-refractivity contribution is -0.172. The monoisotopic (exact) mass is 132 g/mol. The predicted octanol–water partition coefficient (Wildman–Crippen LogP) is -0.278. The Hall–Kier alpha value is -0.120. The number of ether oxygens (including phenoxy) is 1. The second kappa shape index (κ2) is 2.64. The van der Waals surface area contributed by atoms with Crippen molar-refractivity contribution in [2.24, 2.45) is 5.92 Å². The number of aliphatic hydroxyl groups is 2. The first kappa shape index (κ1) is 6.99. The van der Waals surface area contributed by atoms with Gasteiger partial charge in [-0.3, -0.25) is 0 Å². The summed E-state index contributed by atoms with van der Waals surface area (Å²) in [5.41, 5.74) is 0. The van der Waals surface area contributed by atoms with Gasteiger partial charge < -0.3 is 14.9 Å². The molecule has 1 aliphatic rings. The van der Waals surface area contributed by atoms with E-state index in [4.69, 9.17) is 14.9 Å². The van der Waals surface area contributed by atoms with Crippen LogP contribution in [0.2, 0.25) is 0 Å². The third kappa shape index (κ3) is 1.64. The van der Waals surface area contributed by atoms with Crippen molar-refractivity contribution in [2.45, 2.75) is 25.7 Å². The summed E-state index contributed by atoms with van der Waals surface area (Å²) < 4.78 is 4.86. The number of rotatable bonds is 0. The lowest BCUT2D eigenvalue weighted by atomic mass is 10.0. The van der Waals surface area contributed by atoms with Crippen molar-refractivity contribution in [3.8, 4) is 0 Å². The summed E-state index contributed by atoms with van der Waals surface area (Å²) in [5.74, 6) is 0.161. The second-order valence-electron chi connectivity index (χ2n) is 2.57. The van der Waals surface area contributed by atoms with Gasteiger partial charge >= 0.3 is 0 Å². The van der Waals surface area contributed by atoms with Crippen molar-refractivity contribution < 1.29 is 14.9 Å². The van der Waals surface area contributed by atoms with E-state index in [0.717, 1.165) is 0 Å². The van der Waals surface area contributed by atoms with E-state index >= 15 is 0 Å². The molecule has 54 valence electrons. The van der Waals surface area contributed by atoms with Crippen LogP contribution in [0.3, 0.4) is 0 Å². The maximum atomic E-state index is 9.11. The maximum absolute atomic E-state index is 9.11. The van der Waals surface area contributed by atoms with E-state index in [1.54, 1.807) is 0 Å². The highest BCUT2D eigenvalue weighted by Crippen LogP contribution is 2.16. The molecule has 0 bridgehead atoms. The summed E-state index contributed by atoms with van der Waals surface area (Å²) in [5, 5.41) is 17.9. The average Bonchev–Trinajstić information content (AvgIpc) is 1.80. The van der Waals surface area contributed by atoms with Crippen molar-refractivity contribution in [1.29, 1.82) is 0 Å². The molecule has 0 saturated carbocycles. The smallest absolute Gasteiger partial charge is 0.157 e. The van der Waals surface area contributed by atoms with Crippen LogP contribution in [0.25, 0.3) is 0 Å². The van der Waals surface area contributed by atoms with E-state index in [0.29, 0.717) is 13.0 Å². The van der Waals surface area contributed by atoms with Crippen LogP contribution in [-0.2, 0) is 4.74 Å². The van der Waals surface area contributed by atoms with Gasteiger partial charge in [0.25, 0.3) is 0 Å². The SMILES string of the molecule is C[C@H]1CO[C@@H](O)C[C@@H]1O. The Morgan fingerprint density at radius 1 is 1.44 bits per heavy atom. The van der Waals surface area contributed by atoms with Crippen LogP contribution in [0.4, 0.5) is 0 Å². The highest BCUT2D eigenvalue weighted by Gasteiger charge is 2.24. The fraction of sp³-hybridized carbons (Fsp3) is 1.00. The van der Waals surface area contributed by atoms with Crippen LogP contribution < -0.4 is 0 Å². The van der Waals surface area contributed by atoms with Crippen LogP contribution in [0.15, 0.2) is 0 Å². The maximum Gasteiger partial charge on any atom is 0.157 e. The topological polar surface area (TPSA) is 49.7 Å². The van der Waals surface area contributed by atoms with E-state index in [9.17, 15) is 0 Å². The molecule has 3 nitrogen and oxygen atoms in total. The highest BCUT2D eigenvalue weighted by molar-refractivity contribution is 4.69. The number of hydrogen-bond acceptors (Lipinski definition) is 3. The molecule has 3 heteroatoms. The summed E-state index contributed by atoms with van der Waals surface area (Å²) in [6.07, 6.45) is -0.800. The van der Waals surface area contributed by atoms with E-state index in [-0.39, 0.29) is 5.92 Å². The van der Waals surface area contributed by atoms with E-state index in [1.165, 1.54) is 0 Å². The lowest BCUT2D eigenvalue weighted by Gasteiger charge is -2.27. The molecular formula is C6H12O3. The van der Waals surface area contributed by atoms with Crippen LogP contribution in [-0.4, -0.2) is 29.2 Å². The van der Waals surface area contributed by atoms with Gasteiger partial charge in [0.1, 0.15) is 0 Å². The molecule has 1 fully saturated rings. The molecule has 1 heterocycles. The Balaban J connectivity index is 2.35. The van der Waals surface area contributed by atoms with Gasteiger partial charge in [-0.2, -0.15) is 0 Å². The second-order valence-corrected chi connectivity index (χ2v) is 2.57. The average molecular weight is 132 g/mol. The van der Waals surface area contributed by atoms with Crippen molar-refractivity contribution >= 4 is 0 Å². The van der Waals surface area contributed by atoms with Gasteiger partial charge in [-0.25, -0.2) is 0 Å². The molecule has 1 aliphatic heterocycles. The zero-order chi connectivity index (χ0) is 6.85. The van der Waals surface area contributed by atoms with Crippen LogP contribution in [0.5, 0.6) is 0 Å². The van der Waals surface area contributed by atoms with Crippen LogP contribution in [0, 0.1) is 5.92 Å². The zero-order valence-corrected chi connectivity index (χ0v) is 5.45. The predicted molar refractivity (Wildman–Crippen MR) is 31.7 cm³/mol. The first-order valence-corrected chi connectivity index (χ1v) is 3.18. The Kier molecular flexibility index (Phi) is 2.05. The van der Waals surface area contributed by atoms with Crippen molar-refractivity contribution in [2.75, 3.05) is 6.61 Å². The summed E-state index contributed by atoms with van der Waals surface area (Å²) in [7, 11) is 0. The molecule has 3 atom stereocenters. The highest BCUT2D eigenvalue weighted by atomic mass is 16.6. The summed E-state index contributed by atoms with van der Waals surface area (Å²) in [6.45, 7) is 2.36. The summed E-state index contributed by atoms with van der Waals surface area (Å²) >= 11 is 0. The first-order valence-electron chi connectivity index (χ1n) is 3.18. The molecule has 0 aromatic heterocycles. The van der Waals surface area contributed by atoms with Crippen molar-refractivity contribution in [3.05, 3.63) is 0 Å². The molecule has 0 spiro atoms. The van der Waals surface area contributed by atoms with Gasteiger partial charge in [0, 0.05) is 12.3 Å². The Labute approximate surface area is 54.3 Å². The minimum Gasteiger partial charge on any atom is -0.393 e. The van der Waals surface area contributed by atoms with Gasteiger partial charge in [-0.15, -0.1) is 0 Å². The van der Waals surface area contributed by atoms with Crippen LogP contribution in [0.1, 0.15) is 13.3 Å². The minimum absolute atomic E-state index is 0.161. The molecule has 0 amide bonds. The van der Waals surface area contributed by atoms with Gasteiger partial charge in [-0.05, 0) is 0 Å². The first-order chi connectivity index (χ1) is 4.20. The normalized spacial score (nSPS) is 45.0.